The van der Waals surface area contributed by atoms with Crippen molar-refractivity contribution in [1.82, 2.24) is 9.78 Å². The molecule has 2 aromatic carbocycles. The van der Waals surface area contributed by atoms with Gasteiger partial charge in [0, 0.05) is 34.3 Å². The number of aliphatic carboxylic acids is 1. The second-order valence-corrected chi connectivity index (χ2v) is 10.6. The molecule has 1 heterocycles. The van der Waals surface area contributed by atoms with Gasteiger partial charge in [0.05, 0.1) is 26.5 Å². The van der Waals surface area contributed by atoms with Crippen molar-refractivity contribution in [2.75, 3.05) is 26.1 Å². The third kappa shape index (κ3) is 6.76. The van der Waals surface area contributed by atoms with Crippen LogP contribution >= 0.6 is 11.8 Å². The Balaban J connectivity index is 1.94. The minimum atomic E-state index is -0.966. The summed E-state index contributed by atoms with van der Waals surface area (Å²) < 4.78 is 17.3. The first-order valence-electron chi connectivity index (χ1n) is 11.9. The monoisotopic (exact) mass is 527 g/mol. The number of carbonyl (C=O) groups excluding carboxylic acids is 1. The van der Waals surface area contributed by atoms with Crippen molar-refractivity contribution in [3.63, 3.8) is 0 Å². The van der Waals surface area contributed by atoms with Gasteiger partial charge in [0.1, 0.15) is 16.2 Å². The Hall–Kier alpha value is -3.66. The molecule has 0 spiro atoms. The van der Waals surface area contributed by atoms with Crippen LogP contribution in [0.4, 0.5) is 5.69 Å². The number of rotatable bonds is 12. The zero-order chi connectivity index (χ0) is 27.2. The van der Waals surface area contributed by atoms with Crippen LogP contribution in [-0.4, -0.2) is 52.3 Å². The van der Waals surface area contributed by atoms with Gasteiger partial charge >= 0.3 is 5.97 Å². The minimum absolute atomic E-state index is 0.221. The largest absolute Gasteiger partial charge is 0.497 e. The zero-order valence-electron chi connectivity index (χ0n) is 22.0. The lowest BCUT2D eigenvalue weighted by Crippen LogP contribution is -2.26. The van der Waals surface area contributed by atoms with Crippen molar-refractivity contribution in [3.8, 4) is 23.1 Å². The summed E-state index contributed by atoms with van der Waals surface area (Å²) in [5.41, 5.74) is 2.02. The number of hydrogen-bond acceptors (Lipinski definition) is 7. The molecule has 0 saturated heterocycles. The fourth-order valence-electron chi connectivity index (χ4n) is 3.42. The number of thioether (sulfide) groups is 1. The summed E-state index contributed by atoms with van der Waals surface area (Å²) in [4.78, 5) is 25.5. The Kier molecular flexibility index (Phi) is 9.09. The number of methoxy groups -OCH3 is 2. The van der Waals surface area contributed by atoms with Crippen LogP contribution in [0.1, 0.15) is 49.7 Å². The molecule has 3 rings (SSSR count). The summed E-state index contributed by atoms with van der Waals surface area (Å²) in [7, 11) is 3.08. The summed E-state index contributed by atoms with van der Waals surface area (Å²) in [6.07, 6.45) is 1.82. The summed E-state index contributed by atoms with van der Waals surface area (Å²) in [5, 5.41) is 16.9. The van der Waals surface area contributed by atoms with Crippen molar-refractivity contribution < 1.29 is 28.9 Å². The van der Waals surface area contributed by atoms with Crippen LogP contribution in [0.3, 0.4) is 0 Å². The lowest BCUT2D eigenvalue weighted by Gasteiger charge is -2.18. The number of carboxylic acid groups (broad SMARTS) is 1. The molecule has 0 aliphatic carbocycles. The number of unbranched alkanes of at least 4 members (excludes halogenated alkanes) is 1. The van der Waals surface area contributed by atoms with E-state index in [0.29, 0.717) is 40.9 Å². The molecule has 10 heteroatoms. The molecule has 37 heavy (non-hydrogen) atoms. The van der Waals surface area contributed by atoms with Crippen LogP contribution in [0.5, 0.6) is 17.4 Å². The second-order valence-electron chi connectivity index (χ2n) is 8.86. The standard InChI is InChI=1S/C27H33N3O6S/c1-7-8-13-36-25-17(2)23(24(31)28-18-14-20(34-5)16-21(15-18)35-6)29-30(25)19-9-11-22(12-10-19)37-27(3,4)26(32)33/h9-12,14-16H,7-8,13H2,1-6H3,(H,28,31)(H,32,33). The highest BCUT2D eigenvalue weighted by Gasteiger charge is 2.28. The molecule has 0 radical (unpaired) electrons. The third-order valence-electron chi connectivity index (χ3n) is 5.60. The van der Waals surface area contributed by atoms with E-state index in [2.05, 4.69) is 17.3 Å². The first-order chi connectivity index (χ1) is 17.6. The maximum absolute atomic E-state index is 13.3. The topological polar surface area (TPSA) is 112 Å². The molecule has 0 atom stereocenters. The van der Waals surface area contributed by atoms with Gasteiger partial charge in [-0.25, -0.2) is 4.68 Å². The molecule has 3 aromatic rings. The summed E-state index contributed by atoms with van der Waals surface area (Å²) in [6, 6.07) is 12.4. The molecule has 0 unspecified atom stereocenters. The van der Waals surface area contributed by atoms with Gasteiger partial charge in [-0.1, -0.05) is 13.3 Å². The van der Waals surface area contributed by atoms with Gasteiger partial charge in [-0.2, -0.15) is 5.10 Å². The van der Waals surface area contributed by atoms with E-state index in [-0.39, 0.29) is 5.69 Å². The quantitative estimate of drug-likeness (QED) is 0.232. The van der Waals surface area contributed by atoms with Gasteiger partial charge < -0.3 is 24.6 Å². The summed E-state index contributed by atoms with van der Waals surface area (Å²) in [6.45, 7) is 7.67. The molecule has 9 nitrogen and oxygen atoms in total. The number of carboxylic acids is 1. The molecule has 0 bridgehead atoms. The van der Waals surface area contributed by atoms with Crippen molar-refractivity contribution in [3.05, 3.63) is 53.7 Å². The SMILES string of the molecule is CCCCOc1c(C)c(C(=O)Nc2cc(OC)cc(OC)c2)nn1-c1ccc(SC(C)(C)C(=O)O)cc1. The van der Waals surface area contributed by atoms with E-state index in [0.717, 1.165) is 17.7 Å². The molecule has 1 amide bonds. The fraction of sp³-hybridized carbons (Fsp3) is 0.370. The highest BCUT2D eigenvalue weighted by Crippen LogP contribution is 2.34. The van der Waals surface area contributed by atoms with E-state index in [9.17, 15) is 14.7 Å². The number of nitrogens with zero attached hydrogens (tertiary/aromatic N) is 2. The average molecular weight is 528 g/mol. The van der Waals surface area contributed by atoms with Crippen LogP contribution in [0.2, 0.25) is 0 Å². The van der Waals surface area contributed by atoms with Gasteiger partial charge in [-0.05, 0) is 51.5 Å². The first kappa shape index (κ1) is 27.9. The van der Waals surface area contributed by atoms with Crippen molar-refractivity contribution in [2.24, 2.45) is 0 Å². The van der Waals surface area contributed by atoms with E-state index < -0.39 is 16.6 Å². The predicted molar refractivity (Wildman–Crippen MR) is 144 cm³/mol. The fourth-order valence-corrected chi connectivity index (χ4v) is 4.37. The maximum atomic E-state index is 13.3. The summed E-state index contributed by atoms with van der Waals surface area (Å²) >= 11 is 1.25. The lowest BCUT2D eigenvalue weighted by molar-refractivity contribution is -0.138. The minimum Gasteiger partial charge on any atom is -0.497 e. The molecule has 198 valence electrons. The first-order valence-corrected chi connectivity index (χ1v) is 12.7. The number of benzene rings is 2. The van der Waals surface area contributed by atoms with Crippen molar-refractivity contribution in [2.45, 2.75) is 50.2 Å². The van der Waals surface area contributed by atoms with Gasteiger partial charge in [-0.3, -0.25) is 9.59 Å². The number of anilines is 1. The van der Waals surface area contributed by atoms with E-state index in [1.54, 1.807) is 57.9 Å². The Bertz CT molecular complexity index is 1230. The molecule has 1 aromatic heterocycles. The highest BCUT2D eigenvalue weighted by atomic mass is 32.2. The Labute approximate surface area is 221 Å². The number of nitrogens with one attached hydrogen (secondary N) is 1. The molecular formula is C27H33N3O6S. The third-order valence-corrected chi connectivity index (χ3v) is 6.79. The zero-order valence-corrected chi connectivity index (χ0v) is 22.8. The predicted octanol–water partition coefficient (Wildman–Crippen LogP) is 5.58. The number of carbonyl (C=O) groups is 2. The lowest BCUT2D eigenvalue weighted by atomic mass is 10.2. The molecule has 2 N–H and O–H groups in total. The average Bonchev–Trinajstić information content (AvgIpc) is 3.20. The molecule has 0 aliphatic rings. The van der Waals surface area contributed by atoms with Crippen molar-refractivity contribution >= 4 is 29.3 Å². The maximum Gasteiger partial charge on any atom is 0.319 e. The van der Waals surface area contributed by atoms with Gasteiger partial charge in [-0.15, -0.1) is 11.8 Å². The van der Waals surface area contributed by atoms with E-state index in [1.165, 1.54) is 11.8 Å². The Morgan fingerprint density at radius 3 is 2.24 bits per heavy atom. The number of amides is 1. The molecule has 0 fully saturated rings. The van der Waals surface area contributed by atoms with Gasteiger partial charge in [0.25, 0.3) is 5.91 Å². The Morgan fingerprint density at radius 1 is 1.08 bits per heavy atom. The smallest absolute Gasteiger partial charge is 0.319 e. The van der Waals surface area contributed by atoms with E-state index in [1.807, 2.05) is 24.3 Å². The van der Waals surface area contributed by atoms with Gasteiger partial charge in [0.2, 0.25) is 5.88 Å². The van der Waals surface area contributed by atoms with Gasteiger partial charge in [0.15, 0.2) is 5.69 Å². The van der Waals surface area contributed by atoms with Crippen molar-refractivity contribution in [1.29, 1.82) is 0 Å². The van der Waals surface area contributed by atoms with Crippen LogP contribution in [0.25, 0.3) is 5.69 Å². The number of aromatic nitrogens is 2. The molecular weight excluding hydrogens is 494 g/mol. The number of ether oxygens (including phenoxy) is 3. The van der Waals surface area contributed by atoms with Crippen LogP contribution < -0.4 is 19.5 Å². The molecule has 0 aliphatic heterocycles. The van der Waals surface area contributed by atoms with E-state index in [4.69, 9.17) is 14.2 Å². The van der Waals surface area contributed by atoms with Crippen LogP contribution in [0.15, 0.2) is 47.4 Å². The second kappa shape index (κ2) is 12.1. The summed E-state index contributed by atoms with van der Waals surface area (Å²) in [5.74, 6) is 0.282. The Morgan fingerprint density at radius 2 is 1.70 bits per heavy atom. The van der Waals surface area contributed by atoms with Crippen LogP contribution in [0, 0.1) is 6.92 Å². The normalized spacial score (nSPS) is 11.2. The number of hydrogen-bond donors (Lipinski definition) is 2. The van der Waals surface area contributed by atoms with Crippen LogP contribution in [-0.2, 0) is 4.79 Å². The molecule has 0 saturated carbocycles. The van der Waals surface area contributed by atoms with E-state index >= 15 is 0 Å². The highest BCUT2D eigenvalue weighted by molar-refractivity contribution is 8.01.